The Morgan fingerprint density at radius 3 is 2.76 bits per heavy atom. The van der Waals surface area contributed by atoms with E-state index in [1.54, 1.807) is 0 Å². The van der Waals surface area contributed by atoms with Gasteiger partial charge in [-0.05, 0) is 34.0 Å². The number of rotatable bonds is 0. The highest BCUT2D eigenvalue weighted by Crippen LogP contribution is 2.48. The van der Waals surface area contributed by atoms with Crippen LogP contribution >= 0.6 is 0 Å². The standard InChI is InChI=1S/C20H14O/c1-2-7-14-13(6-1)12-17-15-8-3-4-10-18(15)21-19-11-5-9-16(14)20(17)19/h1-10,12,19H,11H2. The molecule has 3 aromatic rings. The van der Waals surface area contributed by atoms with Gasteiger partial charge in [0.15, 0.2) is 0 Å². The molecule has 0 radical (unpaired) electrons. The first-order valence-electron chi connectivity index (χ1n) is 7.40. The predicted molar refractivity (Wildman–Crippen MR) is 86.4 cm³/mol. The van der Waals surface area contributed by atoms with E-state index in [0.717, 1.165) is 12.2 Å². The summed E-state index contributed by atoms with van der Waals surface area (Å²) in [5.41, 5.74) is 5.23. The van der Waals surface area contributed by atoms with Gasteiger partial charge >= 0.3 is 0 Å². The van der Waals surface area contributed by atoms with Gasteiger partial charge < -0.3 is 4.74 Å². The van der Waals surface area contributed by atoms with Crippen LogP contribution in [0.15, 0.2) is 60.7 Å². The molecule has 21 heavy (non-hydrogen) atoms. The topological polar surface area (TPSA) is 9.23 Å². The fourth-order valence-corrected chi connectivity index (χ4v) is 3.62. The van der Waals surface area contributed by atoms with Crippen LogP contribution in [0.25, 0.3) is 28.0 Å². The molecule has 1 atom stereocenters. The largest absolute Gasteiger partial charge is 0.485 e. The maximum atomic E-state index is 6.24. The van der Waals surface area contributed by atoms with Gasteiger partial charge in [-0.3, -0.25) is 0 Å². The van der Waals surface area contributed by atoms with E-state index in [9.17, 15) is 0 Å². The third-order valence-corrected chi connectivity index (χ3v) is 4.53. The smallest absolute Gasteiger partial charge is 0.128 e. The Balaban J connectivity index is 1.96. The van der Waals surface area contributed by atoms with Crippen LogP contribution in [0.2, 0.25) is 0 Å². The molecule has 0 bridgehead atoms. The molecule has 0 N–H and O–H groups in total. The first-order chi connectivity index (χ1) is 10.4. The molecular weight excluding hydrogens is 256 g/mol. The van der Waals surface area contributed by atoms with Crippen molar-refractivity contribution < 1.29 is 4.74 Å². The van der Waals surface area contributed by atoms with Crippen molar-refractivity contribution in [1.82, 2.24) is 0 Å². The second-order valence-corrected chi connectivity index (χ2v) is 5.71. The molecule has 2 aliphatic rings. The number of hydrogen-bond acceptors (Lipinski definition) is 1. The molecule has 1 aliphatic carbocycles. The number of hydrogen-bond donors (Lipinski definition) is 0. The fraction of sp³-hybridized carbons (Fsp3) is 0.100. The minimum Gasteiger partial charge on any atom is -0.485 e. The zero-order chi connectivity index (χ0) is 13.8. The zero-order valence-electron chi connectivity index (χ0n) is 11.5. The van der Waals surface area contributed by atoms with Crippen molar-refractivity contribution in [3.8, 4) is 16.9 Å². The maximum absolute atomic E-state index is 6.24. The van der Waals surface area contributed by atoms with Gasteiger partial charge in [0, 0.05) is 17.5 Å². The van der Waals surface area contributed by atoms with E-state index in [4.69, 9.17) is 4.74 Å². The van der Waals surface area contributed by atoms with E-state index in [1.807, 2.05) is 6.07 Å². The maximum Gasteiger partial charge on any atom is 0.128 e. The predicted octanol–water partition coefficient (Wildman–Crippen LogP) is 5.36. The highest BCUT2D eigenvalue weighted by Gasteiger charge is 2.29. The van der Waals surface area contributed by atoms with E-state index in [-0.39, 0.29) is 6.10 Å². The van der Waals surface area contributed by atoms with Gasteiger partial charge in [-0.25, -0.2) is 0 Å². The summed E-state index contributed by atoms with van der Waals surface area (Å²) >= 11 is 0. The second-order valence-electron chi connectivity index (χ2n) is 5.71. The van der Waals surface area contributed by atoms with E-state index in [1.165, 1.54) is 33.0 Å². The van der Waals surface area contributed by atoms with Crippen molar-refractivity contribution in [3.05, 3.63) is 71.8 Å². The molecule has 1 heterocycles. The molecule has 0 saturated heterocycles. The van der Waals surface area contributed by atoms with Crippen LogP contribution in [0, 0.1) is 0 Å². The van der Waals surface area contributed by atoms with Gasteiger partial charge in [-0.2, -0.15) is 0 Å². The first kappa shape index (κ1) is 11.2. The quantitative estimate of drug-likeness (QED) is 0.534. The van der Waals surface area contributed by atoms with Gasteiger partial charge in [0.05, 0.1) is 0 Å². The Labute approximate surface area is 123 Å². The molecule has 0 saturated carbocycles. The van der Waals surface area contributed by atoms with Crippen LogP contribution in [0.4, 0.5) is 0 Å². The second kappa shape index (κ2) is 3.98. The molecular formula is C20H14O. The third-order valence-electron chi connectivity index (χ3n) is 4.53. The van der Waals surface area contributed by atoms with Crippen LogP contribution in [0.5, 0.6) is 5.75 Å². The van der Waals surface area contributed by atoms with Gasteiger partial charge in [0.1, 0.15) is 11.9 Å². The number of para-hydroxylation sites is 1. The monoisotopic (exact) mass is 270 g/mol. The Morgan fingerprint density at radius 1 is 0.905 bits per heavy atom. The van der Waals surface area contributed by atoms with Gasteiger partial charge in [0.2, 0.25) is 0 Å². The summed E-state index contributed by atoms with van der Waals surface area (Å²) in [6, 6.07) is 19.3. The first-order valence-corrected chi connectivity index (χ1v) is 7.40. The van der Waals surface area contributed by atoms with E-state index in [2.05, 4.69) is 60.7 Å². The Kier molecular flexibility index (Phi) is 2.12. The summed E-state index contributed by atoms with van der Waals surface area (Å²) in [6.45, 7) is 0. The van der Waals surface area contributed by atoms with Crippen LogP contribution in [0.3, 0.4) is 0 Å². The summed E-state index contributed by atoms with van der Waals surface area (Å²) in [4.78, 5) is 0. The summed E-state index contributed by atoms with van der Waals surface area (Å²) in [5.74, 6) is 1.01. The summed E-state index contributed by atoms with van der Waals surface area (Å²) in [6.07, 6.45) is 5.60. The highest BCUT2D eigenvalue weighted by molar-refractivity contribution is 5.98. The van der Waals surface area contributed by atoms with Gasteiger partial charge in [-0.1, -0.05) is 54.6 Å². The van der Waals surface area contributed by atoms with Crippen molar-refractivity contribution in [2.45, 2.75) is 12.5 Å². The molecule has 1 heteroatoms. The van der Waals surface area contributed by atoms with E-state index < -0.39 is 0 Å². The molecule has 1 unspecified atom stereocenters. The molecule has 0 spiro atoms. The molecule has 1 aliphatic heterocycles. The fourth-order valence-electron chi connectivity index (χ4n) is 3.62. The summed E-state index contributed by atoms with van der Waals surface area (Å²) in [5, 5.41) is 2.62. The third kappa shape index (κ3) is 1.46. The Hall–Kier alpha value is -2.54. The van der Waals surface area contributed by atoms with Crippen molar-refractivity contribution in [1.29, 1.82) is 0 Å². The summed E-state index contributed by atoms with van der Waals surface area (Å²) in [7, 11) is 0. The number of benzene rings is 3. The van der Waals surface area contributed by atoms with Gasteiger partial charge in [-0.15, -0.1) is 0 Å². The SMILES string of the molecule is C1=Cc2c3c(cc4ccccc24)-c2ccccc2OC3C1. The molecule has 5 rings (SSSR count). The number of fused-ring (bicyclic) bond motifs is 4. The van der Waals surface area contributed by atoms with Crippen molar-refractivity contribution >= 4 is 16.8 Å². The van der Waals surface area contributed by atoms with Crippen LogP contribution in [-0.2, 0) is 0 Å². The molecule has 0 fully saturated rings. The zero-order valence-corrected chi connectivity index (χ0v) is 11.5. The molecule has 3 aromatic carbocycles. The average molecular weight is 270 g/mol. The lowest BCUT2D eigenvalue weighted by molar-refractivity contribution is 0.204. The van der Waals surface area contributed by atoms with Crippen molar-refractivity contribution in [2.24, 2.45) is 0 Å². The van der Waals surface area contributed by atoms with Crippen LogP contribution in [0.1, 0.15) is 23.7 Å². The minimum absolute atomic E-state index is 0.152. The average Bonchev–Trinajstić information content (AvgIpc) is 2.55. The molecule has 100 valence electrons. The lowest BCUT2D eigenvalue weighted by atomic mass is 9.82. The normalized spacial score (nSPS) is 18.0. The summed E-state index contributed by atoms with van der Waals surface area (Å²) < 4.78 is 6.24. The number of ether oxygens (including phenoxy) is 1. The minimum atomic E-state index is 0.152. The van der Waals surface area contributed by atoms with E-state index in [0.29, 0.717) is 0 Å². The van der Waals surface area contributed by atoms with Crippen LogP contribution in [-0.4, -0.2) is 0 Å². The molecule has 1 nitrogen and oxygen atoms in total. The lowest BCUT2D eigenvalue weighted by Gasteiger charge is -2.32. The molecule has 0 amide bonds. The van der Waals surface area contributed by atoms with E-state index >= 15 is 0 Å². The lowest BCUT2D eigenvalue weighted by Crippen LogP contribution is -2.17. The van der Waals surface area contributed by atoms with Gasteiger partial charge in [0.25, 0.3) is 0 Å². The Morgan fingerprint density at radius 2 is 1.76 bits per heavy atom. The molecule has 0 aromatic heterocycles. The van der Waals surface area contributed by atoms with Crippen molar-refractivity contribution in [2.75, 3.05) is 0 Å². The highest BCUT2D eigenvalue weighted by atomic mass is 16.5. The van der Waals surface area contributed by atoms with Crippen LogP contribution < -0.4 is 4.74 Å². The Bertz CT molecular complexity index is 905. The van der Waals surface area contributed by atoms with Crippen molar-refractivity contribution in [3.63, 3.8) is 0 Å².